The Labute approximate surface area is 195 Å². The molecule has 0 unspecified atom stereocenters. The van der Waals surface area contributed by atoms with Gasteiger partial charge in [0, 0.05) is 45.2 Å². The molecule has 168 valence electrons. The summed E-state index contributed by atoms with van der Waals surface area (Å²) < 4.78 is 19.5. The van der Waals surface area contributed by atoms with E-state index >= 15 is 0 Å². The van der Waals surface area contributed by atoms with Crippen LogP contribution in [0.25, 0.3) is 22.4 Å². The fourth-order valence-corrected chi connectivity index (χ4v) is 4.99. The Kier molecular flexibility index (Phi) is 5.70. The zero-order valence-corrected chi connectivity index (χ0v) is 19.2. The monoisotopic (exact) mass is 462 g/mol. The Morgan fingerprint density at radius 3 is 2.73 bits per heavy atom. The number of fused-ring (bicyclic) bond motifs is 1. The second kappa shape index (κ2) is 8.81. The highest BCUT2D eigenvalue weighted by Gasteiger charge is 2.24. The quantitative estimate of drug-likeness (QED) is 0.460. The van der Waals surface area contributed by atoms with Crippen LogP contribution in [0.4, 0.5) is 20.9 Å². The van der Waals surface area contributed by atoms with Gasteiger partial charge in [-0.1, -0.05) is 18.3 Å². The number of nitrogens with one attached hydrogen (secondary N) is 1. The molecule has 5 rings (SSSR count). The average molecular weight is 463 g/mol. The molecule has 0 spiro atoms. The highest BCUT2D eigenvalue weighted by Crippen LogP contribution is 2.41. The molecule has 0 aliphatic carbocycles. The zero-order chi connectivity index (χ0) is 22.9. The van der Waals surface area contributed by atoms with Gasteiger partial charge in [0.2, 0.25) is 5.71 Å². The molecule has 1 aliphatic heterocycles. The molecule has 3 aromatic heterocycles. The van der Waals surface area contributed by atoms with E-state index in [0.29, 0.717) is 33.4 Å². The van der Waals surface area contributed by atoms with Crippen LogP contribution in [-0.2, 0) is 6.42 Å². The number of aromatic nitrogens is 2. The van der Waals surface area contributed by atoms with E-state index in [1.807, 2.05) is 25.1 Å². The number of rotatable bonds is 5. The zero-order valence-electron chi connectivity index (χ0n) is 18.4. The van der Waals surface area contributed by atoms with E-state index in [1.165, 1.54) is 23.5 Å². The summed E-state index contributed by atoms with van der Waals surface area (Å²) in [5.74, 6) is 0.490. The molecule has 1 aromatic carbocycles. The van der Waals surface area contributed by atoms with Gasteiger partial charge in [0.05, 0.1) is 23.0 Å². The van der Waals surface area contributed by atoms with Crippen molar-refractivity contribution in [2.24, 2.45) is 0 Å². The molecule has 0 bridgehead atoms. The highest BCUT2D eigenvalue weighted by molar-refractivity contribution is 7.16. The van der Waals surface area contributed by atoms with Crippen molar-refractivity contribution in [2.45, 2.75) is 13.3 Å². The van der Waals surface area contributed by atoms with Gasteiger partial charge in [-0.05, 0) is 30.3 Å². The van der Waals surface area contributed by atoms with Gasteiger partial charge in [-0.25, -0.2) is 14.4 Å². The minimum atomic E-state index is -0.324. The third-order valence-electron chi connectivity index (χ3n) is 5.84. The number of pyridine rings is 1. The molecule has 7 nitrogen and oxygen atoms in total. The Hall–Kier alpha value is -3.48. The first-order valence-electron chi connectivity index (χ1n) is 10.9. The number of benzene rings is 1. The van der Waals surface area contributed by atoms with Crippen molar-refractivity contribution in [2.75, 3.05) is 43.0 Å². The molecule has 0 saturated carbocycles. The molecule has 1 aliphatic rings. The Morgan fingerprint density at radius 1 is 1.27 bits per heavy atom. The highest BCUT2D eigenvalue weighted by atomic mass is 32.1. The lowest BCUT2D eigenvalue weighted by molar-refractivity contribution is 0.547. The fourth-order valence-electron chi connectivity index (χ4n) is 4.14. The van der Waals surface area contributed by atoms with E-state index in [9.17, 15) is 9.65 Å². The second-order valence-corrected chi connectivity index (χ2v) is 8.84. The van der Waals surface area contributed by atoms with Gasteiger partial charge in [0.15, 0.2) is 5.13 Å². The van der Waals surface area contributed by atoms with Crippen LogP contribution in [0.3, 0.4) is 0 Å². The summed E-state index contributed by atoms with van der Waals surface area (Å²) in [7, 11) is 1.93. The molecule has 0 atom stereocenters. The largest absolute Gasteiger partial charge is 0.441 e. The van der Waals surface area contributed by atoms with E-state index in [1.54, 1.807) is 12.1 Å². The number of furan rings is 1. The standard InChI is InChI=1S/C24H23FN6OS/c1-3-19-22(18-12-17(14-28-23(18)32-19)31-10-8-27-9-11-31)30(2)24-29-21(20(13-26)33-24)15-4-6-16(25)7-5-15/h4-7,12,14,27H,3,8-11H2,1-2H3. The normalized spacial score (nSPS) is 13.9. The molecule has 0 amide bonds. The lowest BCUT2D eigenvalue weighted by Crippen LogP contribution is -2.43. The SMILES string of the molecule is CCc1oc2ncc(N3CCNCC3)cc2c1N(C)c1nc(-c2ccc(F)cc2)c(C#N)s1. The molecule has 33 heavy (non-hydrogen) atoms. The maximum absolute atomic E-state index is 13.4. The van der Waals surface area contributed by atoms with Crippen molar-refractivity contribution in [1.29, 1.82) is 5.26 Å². The Morgan fingerprint density at radius 2 is 2.03 bits per heavy atom. The molecule has 1 saturated heterocycles. The summed E-state index contributed by atoms with van der Waals surface area (Å²) in [6.07, 6.45) is 2.56. The number of thiazole rings is 1. The number of hydrogen-bond donors (Lipinski definition) is 1. The Bertz CT molecular complexity index is 1330. The van der Waals surface area contributed by atoms with E-state index < -0.39 is 0 Å². The molecule has 1 N–H and O–H groups in total. The lowest BCUT2D eigenvalue weighted by Gasteiger charge is -2.29. The first-order chi connectivity index (χ1) is 16.1. The second-order valence-electron chi connectivity index (χ2n) is 7.86. The molecular weight excluding hydrogens is 439 g/mol. The van der Waals surface area contributed by atoms with Crippen LogP contribution in [0.1, 0.15) is 17.6 Å². The summed E-state index contributed by atoms with van der Waals surface area (Å²) in [5.41, 5.74) is 3.81. The predicted molar refractivity (Wildman–Crippen MR) is 129 cm³/mol. The van der Waals surface area contributed by atoms with Crippen molar-refractivity contribution in [3.05, 3.63) is 53.0 Å². The van der Waals surface area contributed by atoms with E-state index in [4.69, 9.17) is 9.40 Å². The van der Waals surface area contributed by atoms with Gasteiger partial charge in [0.1, 0.15) is 28.2 Å². The van der Waals surface area contributed by atoms with E-state index in [2.05, 4.69) is 27.3 Å². The number of anilines is 3. The molecule has 9 heteroatoms. The first kappa shape index (κ1) is 21.4. The van der Waals surface area contributed by atoms with Gasteiger partial charge in [-0.3, -0.25) is 0 Å². The molecular formula is C24H23FN6OS. The summed E-state index contributed by atoms with van der Waals surface area (Å²) >= 11 is 1.30. The average Bonchev–Trinajstić information content (AvgIpc) is 3.46. The van der Waals surface area contributed by atoms with Crippen LogP contribution in [-0.4, -0.2) is 43.2 Å². The lowest BCUT2D eigenvalue weighted by atomic mass is 10.1. The number of aryl methyl sites for hydroxylation is 1. The minimum absolute atomic E-state index is 0.324. The number of piperazine rings is 1. The summed E-state index contributed by atoms with van der Waals surface area (Å²) in [4.78, 5) is 14.1. The molecule has 4 heterocycles. The third-order valence-corrected chi connectivity index (χ3v) is 6.87. The Balaban J connectivity index is 1.58. The summed E-state index contributed by atoms with van der Waals surface area (Å²) in [5, 5.41) is 14.7. The van der Waals surface area contributed by atoms with Crippen molar-refractivity contribution in [1.82, 2.24) is 15.3 Å². The number of nitriles is 1. The van der Waals surface area contributed by atoms with Crippen molar-refractivity contribution in [3.8, 4) is 17.3 Å². The molecule has 1 fully saturated rings. The van der Waals surface area contributed by atoms with Crippen LogP contribution < -0.4 is 15.1 Å². The van der Waals surface area contributed by atoms with Crippen LogP contribution in [0, 0.1) is 17.1 Å². The van der Waals surface area contributed by atoms with E-state index in [0.717, 1.165) is 48.7 Å². The maximum atomic E-state index is 13.4. The van der Waals surface area contributed by atoms with Crippen molar-refractivity contribution in [3.63, 3.8) is 0 Å². The predicted octanol–water partition coefficient (Wildman–Crippen LogP) is 4.70. The number of halogens is 1. The number of nitrogens with zero attached hydrogens (tertiary/aromatic N) is 5. The smallest absolute Gasteiger partial charge is 0.228 e. The van der Waals surface area contributed by atoms with Crippen LogP contribution in [0.5, 0.6) is 0 Å². The first-order valence-corrected chi connectivity index (χ1v) is 11.7. The van der Waals surface area contributed by atoms with Crippen LogP contribution in [0.15, 0.2) is 40.9 Å². The van der Waals surface area contributed by atoms with Gasteiger partial charge >= 0.3 is 0 Å². The fraction of sp³-hybridized carbons (Fsp3) is 0.292. The maximum Gasteiger partial charge on any atom is 0.228 e. The van der Waals surface area contributed by atoms with Crippen LogP contribution >= 0.6 is 11.3 Å². The van der Waals surface area contributed by atoms with Gasteiger partial charge < -0.3 is 19.5 Å². The van der Waals surface area contributed by atoms with Crippen molar-refractivity contribution >= 4 is 38.9 Å². The summed E-state index contributed by atoms with van der Waals surface area (Å²) in [6.45, 7) is 5.78. The summed E-state index contributed by atoms with van der Waals surface area (Å²) in [6, 6.07) is 10.4. The van der Waals surface area contributed by atoms with Crippen molar-refractivity contribution < 1.29 is 8.81 Å². The van der Waals surface area contributed by atoms with Gasteiger partial charge in [-0.2, -0.15) is 5.26 Å². The minimum Gasteiger partial charge on any atom is -0.441 e. The van der Waals surface area contributed by atoms with Gasteiger partial charge in [-0.15, -0.1) is 0 Å². The van der Waals surface area contributed by atoms with Gasteiger partial charge in [0.25, 0.3) is 0 Å². The molecule has 4 aromatic rings. The topological polar surface area (TPSA) is 81.2 Å². The van der Waals surface area contributed by atoms with E-state index in [-0.39, 0.29) is 5.82 Å². The molecule has 0 radical (unpaired) electrons. The van der Waals surface area contributed by atoms with Crippen LogP contribution in [0.2, 0.25) is 0 Å². The number of hydrogen-bond acceptors (Lipinski definition) is 8. The third kappa shape index (κ3) is 3.92.